The van der Waals surface area contributed by atoms with Gasteiger partial charge in [0.1, 0.15) is 6.04 Å². The first-order valence-corrected chi connectivity index (χ1v) is 11.0. The van der Waals surface area contributed by atoms with Crippen molar-refractivity contribution in [2.75, 3.05) is 18.6 Å². The van der Waals surface area contributed by atoms with Gasteiger partial charge in [0.2, 0.25) is 5.91 Å². The molecule has 5 nitrogen and oxygen atoms in total. The average molecular weight is 411 g/mol. The van der Waals surface area contributed by atoms with Gasteiger partial charge in [-0.3, -0.25) is 4.79 Å². The molecule has 1 amide bonds. The molecule has 0 saturated carbocycles. The van der Waals surface area contributed by atoms with Crippen LogP contribution in [0.2, 0.25) is 0 Å². The van der Waals surface area contributed by atoms with Gasteiger partial charge in [0.05, 0.1) is 13.2 Å². The third-order valence-corrected chi connectivity index (χ3v) is 5.14. The predicted octanol–water partition coefficient (Wildman–Crippen LogP) is 4.14. The van der Waals surface area contributed by atoms with Crippen LogP contribution in [0.25, 0.3) is 0 Å². The van der Waals surface area contributed by atoms with E-state index in [9.17, 15) is 9.59 Å². The van der Waals surface area contributed by atoms with E-state index in [0.717, 1.165) is 31.4 Å². The molecule has 0 aromatic rings. The van der Waals surface area contributed by atoms with E-state index in [4.69, 9.17) is 10.5 Å². The zero-order valence-electron chi connectivity index (χ0n) is 18.3. The van der Waals surface area contributed by atoms with Crippen LogP contribution in [0, 0.1) is 0 Å². The van der Waals surface area contributed by atoms with Gasteiger partial charge >= 0.3 is 5.97 Å². The lowest BCUT2D eigenvalue weighted by atomic mass is 10.1. The van der Waals surface area contributed by atoms with Crippen LogP contribution >= 0.6 is 11.8 Å². The first-order chi connectivity index (χ1) is 13.2. The Hall–Kier alpha value is -1.53. The number of methoxy groups -OCH3 is 1. The van der Waals surface area contributed by atoms with Crippen molar-refractivity contribution in [2.45, 2.75) is 72.4 Å². The first kappa shape index (κ1) is 26.5. The summed E-state index contributed by atoms with van der Waals surface area (Å²) in [6, 6.07) is -1.33. The highest BCUT2D eigenvalue weighted by Gasteiger charge is 2.22. The molecule has 6 heteroatoms. The fourth-order valence-corrected chi connectivity index (χ4v) is 3.33. The Morgan fingerprint density at radius 3 is 2.14 bits per heavy atom. The monoisotopic (exact) mass is 410 g/mol. The van der Waals surface area contributed by atoms with Crippen molar-refractivity contribution in [3.05, 3.63) is 34.9 Å². The molecule has 0 radical (unpaired) electrons. The minimum absolute atomic E-state index is 0.352. The Bertz CT molecular complexity index is 576. The maximum Gasteiger partial charge on any atom is 0.329 e. The highest BCUT2D eigenvalue weighted by atomic mass is 32.2. The first-order valence-electron chi connectivity index (χ1n) is 9.83. The Kier molecular flexibility index (Phi) is 14.6. The maximum absolute atomic E-state index is 11.8. The SMILES string of the molecule is COC(=O)[C@H](CSC/C=C(/C)CC/C=C(\C)CCC=C(C)C)NC(=O)[C@H](C)N. The molecule has 3 N–H and O–H groups in total. The van der Waals surface area contributed by atoms with Crippen LogP contribution < -0.4 is 11.1 Å². The summed E-state index contributed by atoms with van der Waals surface area (Å²) in [6.45, 7) is 10.2. The third-order valence-electron chi connectivity index (χ3n) is 4.17. The van der Waals surface area contributed by atoms with Crippen molar-refractivity contribution in [3.8, 4) is 0 Å². The molecular weight excluding hydrogens is 372 g/mol. The number of nitrogens with one attached hydrogen (secondary N) is 1. The van der Waals surface area contributed by atoms with E-state index in [1.54, 1.807) is 18.7 Å². The molecule has 0 aliphatic rings. The van der Waals surface area contributed by atoms with Crippen LogP contribution in [0.3, 0.4) is 0 Å². The topological polar surface area (TPSA) is 81.4 Å². The lowest BCUT2D eigenvalue weighted by Gasteiger charge is -2.17. The van der Waals surface area contributed by atoms with Crippen molar-refractivity contribution in [1.82, 2.24) is 5.32 Å². The Morgan fingerprint density at radius 2 is 1.61 bits per heavy atom. The predicted molar refractivity (Wildman–Crippen MR) is 120 cm³/mol. The zero-order valence-corrected chi connectivity index (χ0v) is 19.2. The van der Waals surface area contributed by atoms with Gasteiger partial charge in [0.15, 0.2) is 0 Å². The van der Waals surface area contributed by atoms with Gasteiger partial charge in [-0.15, -0.1) is 0 Å². The molecule has 0 fully saturated rings. The second kappa shape index (κ2) is 15.4. The van der Waals surface area contributed by atoms with Crippen LogP contribution in [0.4, 0.5) is 0 Å². The summed E-state index contributed by atoms with van der Waals surface area (Å²) in [7, 11) is 1.32. The number of rotatable bonds is 13. The molecule has 0 aliphatic carbocycles. The fourth-order valence-electron chi connectivity index (χ4n) is 2.34. The summed E-state index contributed by atoms with van der Waals surface area (Å²) in [5.41, 5.74) is 9.68. The van der Waals surface area contributed by atoms with Crippen LogP contribution in [-0.4, -0.2) is 42.6 Å². The number of carbonyl (C=O) groups is 2. The van der Waals surface area contributed by atoms with E-state index < -0.39 is 18.1 Å². The summed E-state index contributed by atoms with van der Waals surface area (Å²) >= 11 is 1.59. The van der Waals surface area contributed by atoms with E-state index in [-0.39, 0.29) is 5.91 Å². The molecule has 160 valence electrons. The second-order valence-electron chi connectivity index (χ2n) is 7.37. The molecule has 0 aromatic heterocycles. The molecule has 28 heavy (non-hydrogen) atoms. The van der Waals surface area contributed by atoms with Crippen LogP contribution in [0.1, 0.15) is 60.3 Å². The molecule has 0 rings (SSSR count). The summed E-state index contributed by atoms with van der Waals surface area (Å²) in [4.78, 5) is 23.5. The van der Waals surface area contributed by atoms with Gasteiger partial charge in [-0.05, 0) is 60.3 Å². The smallest absolute Gasteiger partial charge is 0.329 e. The van der Waals surface area contributed by atoms with Gasteiger partial charge in [-0.1, -0.05) is 34.9 Å². The highest BCUT2D eigenvalue weighted by Crippen LogP contribution is 2.13. The lowest BCUT2D eigenvalue weighted by Crippen LogP contribution is -2.48. The molecule has 0 bridgehead atoms. The molecule has 0 saturated heterocycles. The normalized spacial score (nSPS) is 14.2. The summed E-state index contributed by atoms with van der Waals surface area (Å²) < 4.78 is 4.75. The van der Waals surface area contributed by atoms with E-state index in [0.29, 0.717) is 5.75 Å². The summed E-state index contributed by atoms with van der Waals surface area (Å²) in [5, 5.41) is 2.63. The number of allylic oxidation sites excluding steroid dienone is 5. The van der Waals surface area contributed by atoms with Gasteiger partial charge in [0.25, 0.3) is 0 Å². The molecule has 0 heterocycles. The highest BCUT2D eigenvalue weighted by molar-refractivity contribution is 7.99. The van der Waals surface area contributed by atoms with E-state index in [1.165, 1.54) is 23.8 Å². The number of carbonyl (C=O) groups excluding carboxylic acids is 2. The number of esters is 1. The van der Waals surface area contributed by atoms with Crippen molar-refractivity contribution < 1.29 is 14.3 Å². The molecular formula is C22H38N2O3S. The van der Waals surface area contributed by atoms with Gasteiger partial charge in [-0.25, -0.2) is 4.79 Å². The zero-order chi connectivity index (χ0) is 21.5. The number of nitrogens with two attached hydrogens (primary N) is 1. The van der Waals surface area contributed by atoms with Crippen LogP contribution in [0.5, 0.6) is 0 Å². The molecule has 0 unspecified atom stereocenters. The van der Waals surface area contributed by atoms with Crippen molar-refractivity contribution in [2.24, 2.45) is 5.73 Å². The van der Waals surface area contributed by atoms with Gasteiger partial charge < -0.3 is 15.8 Å². The number of ether oxygens (including phenoxy) is 1. The number of hydrogen-bond donors (Lipinski definition) is 2. The summed E-state index contributed by atoms with van der Waals surface area (Å²) in [6.07, 6.45) is 11.1. The van der Waals surface area contributed by atoms with E-state index >= 15 is 0 Å². The maximum atomic E-state index is 11.8. The number of amides is 1. The lowest BCUT2D eigenvalue weighted by molar-refractivity contribution is -0.144. The quantitative estimate of drug-likeness (QED) is 0.271. The Labute approximate surface area is 175 Å². The minimum Gasteiger partial charge on any atom is -0.467 e. The van der Waals surface area contributed by atoms with Crippen molar-refractivity contribution >= 4 is 23.6 Å². The minimum atomic E-state index is -0.673. The summed E-state index contributed by atoms with van der Waals surface area (Å²) in [5.74, 6) is 0.444. The Balaban J connectivity index is 4.28. The van der Waals surface area contributed by atoms with Crippen molar-refractivity contribution in [1.29, 1.82) is 0 Å². The molecule has 0 aromatic carbocycles. The molecule has 2 atom stereocenters. The van der Waals surface area contributed by atoms with Gasteiger partial charge in [-0.2, -0.15) is 11.8 Å². The Morgan fingerprint density at radius 1 is 1.04 bits per heavy atom. The van der Waals surface area contributed by atoms with E-state index in [1.807, 2.05) is 0 Å². The standard InChI is InChI=1S/C22H38N2O3S/c1-16(2)9-7-10-17(3)11-8-12-18(4)13-14-28-15-20(22(26)27-6)24-21(25)19(5)23/h9,11,13,19-20H,7-8,10,12,14-15,23H2,1-6H3,(H,24,25)/b17-11+,18-13-/t19-,20-/m0/s1. The van der Waals surface area contributed by atoms with Gasteiger partial charge in [0, 0.05) is 11.5 Å². The fraction of sp³-hybridized carbons (Fsp3) is 0.636. The number of thioether (sulfide) groups is 1. The van der Waals surface area contributed by atoms with Crippen LogP contribution in [0.15, 0.2) is 34.9 Å². The third kappa shape index (κ3) is 13.6. The molecule has 0 aliphatic heterocycles. The largest absolute Gasteiger partial charge is 0.467 e. The van der Waals surface area contributed by atoms with Crippen molar-refractivity contribution in [3.63, 3.8) is 0 Å². The van der Waals surface area contributed by atoms with Crippen LogP contribution in [-0.2, 0) is 14.3 Å². The number of hydrogen-bond acceptors (Lipinski definition) is 5. The second-order valence-corrected chi connectivity index (χ2v) is 8.45. The average Bonchev–Trinajstić information content (AvgIpc) is 2.62. The van der Waals surface area contributed by atoms with E-state index in [2.05, 4.69) is 51.2 Å². The molecule has 0 spiro atoms.